The molecule has 0 saturated heterocycles. The summed E-state index contributed by atoms with van der Waals surface area (Å²) < 4.78 is 5.09. The summed E-state index contributed by atoms with van der Waals surface area (Å²) in [5.74, 6) is 0.648. The zero-order valence-corrected chi connectivity index (χ0v) is 12.8. The number of nitrogens with zero attached hydrogens (tertiary/aromatic N) is 1. The van der Waals surface area contributed by atoms with Gasteiger partial charge in [-0.05, 0) is 47.9 Å². The lowest BCUT2D eigenvalue weighted by Crippen LogP contribution is -2.03. The molecule has 23 heavy (non-hydrogen) atoms. The van der Waals surface area contributed by atoms with Gasteiger partial charge in [0.05, 0.1) is 12.7 Å². The summed E-state index contributed by atoms with van der Waals surface area (Å²) in [6.45, 7) is 0. The van der Waals surface area contributed by atoms with Gasteiger partial charge < -0.3 is 9.84 Å². The van der Waals surface area contributed by atoms with Crippen LogP contribution in [-0.4, -0.2) is 18.0 Å². The molecule has 0 amide bonds. The van der Waals surface area contributed by atoms with Gasteiger partial charge in [-0.25, -0.2) is 0 Å². The maximum absolute atomic E-state index is 12.2. The average molecular weight is 307 g/mol. The smallest absolute Gasteiger partial charge is 0.173 e. The number of Topliss-reactive ketones (excluding diaryl/α,β-unsaturated/α-hetero) is 1. The van der Waals surface area contributed by atoms with Crippen molar-refractivity contribution in [3.05, 3.63) is 65.2 Å². The minimum Gasteiger partial charge on any atom is -0.508 e. The summed E-state index contributed by atoms with van der Waals surface area (Å²) in [6, 6.07) is 15.9. The quantitative estimate of drug-likeness (QED) is 0.655. The van der Waals surface area contributed by atoms with Gasteiger partial charge in [0.15, 0.2) is 5.78 Å². The molecule has 0 fully saturated rings. The van der Waals surface area contributed by atoms with Crippen LogP contribution in [-0.2, 0) is 11.2 Å². The largest absolute Gasteiger partial charge is 0.508 e. The van der Waals surface area contributed by atoms with Crippen LogP contribution in [0.1, 0.15) is 17.5 Å². The van der Waals surface area contributed by atoms with E-state index >= 15 is 0 Å². The van der Waals surface area contributed by atoms with Crippen LogP contribution in [0.3, 0.4) is 0 Å². The van der Waals surface area contributed by atoms with E-state index in [4.69, 9.17) is 4.74 Å². The Morgan fingerprint density at radius 3 is 2.61 bits per heavy atom. The highest BCUT2D eigenvalue weighted by molar-refractivity contribution is 6.03. The number of methoxy groups -OCH3 is 1. The SMILES string of the molecule is COc1ccc(CCC(=O)/C(C#N)=C/c2cccc(O)c2)cc1. The van der Waals surface area contributed by atoms with Crippen LogP contribution in [0.5, 0.6) is 11.5 Å². The van der Waals surface area contributed by atoms with Gasteiger partial charge in [0.1, 0.15) is 17.6 Å². The van der Waals surface area contributed by atoms with Gasteiger partial charge in [-0.15, -0.1) is 0 Å². The summed E-state index contributed by atoms with van der Waals surface area (Å²) >= 11 is 0. The molecule has 0 aliphatic carbocycles. The molecule has 1 N–H and O–H groups in total. The van der Waals surface area contributed by atoms with Gasteiger partial charge in [0.2, 0.25) is 0 Å². The van der Waals surface area contributed by atoms with Crippen molar-refractivity contribution < 1.29 is 14.6 Å². The van der Waals surface area contributed by atoms with E-state index < -0.39 is 0 Å². The lowest BCUT2D eigenvalue weighted by atomic mass is 10.0. The van der Waals surface area contributed by atoms with Crippen LogP contribution in [0.25, 0.3) is 6.08 Å². The van der Waals surface area contributed by atoms with Gasteiger partial charge in [-0.2, -0.15) is 5.26 Å². The third kappa shape index (κ3) is 4.72. The highest BCUT2D eigenvalue weighted by atomic mass is 16.5. The summed E-state index contributed by atoms with van der Waals surface area (Å²) in [7, 11) is 1.60. The number of allylic oxidation sites excluding steroid dienone is 1. The fraction of sp³-hybridized carbons (Fsp3) is 0.158. The van der Waals surface area contributed by atoms with Crippen molar-refractivity contribution in [2.75, 3.05) is 7.11 Å². The molecule has 116 valence electrons. The first-order chi connectivity index (χ1) is 11.1. The van der Waals surface area contributed by atoms with Crippen molar-refractivity contribution in [2.24, 2.45) is 0 Å². The highest BCUT2D eigenvalue weighted by Gasteiger charge is 2.09. The van der Waals surface area contributed by atoms with Crippen LogP contribution in [0.15, 0.2) is 54.1 Å². The Labute approximate surface area is 135 Å². The van der Waals surface area contributed by atoms with E-state index in [0.29, 0.717) is 12.0 Å². The number of hydrogen-bond donors (Lipinski definition) is 1. The van der Waals surface area contributed by atoms with Crippen molar-refractivity contribution in [2.45, 2.75) is 12.8 Å². The first kappa shape index (κ1) is 16.3. The second-order valence-corrected chi connectivity index (χ2v) is 5.04. The highest BCUT2D eigenvalue weighted by Crippen LogP contribution is 2.16. The molecule has 2 aromatic rings. The number of hydrogen-bond acceptors (Lipinski definition) is 4. The number of phenolic OH excluding ortho intramolecular Hbond substituents is 1. The van der Waals surface area contributed by atoms with Gasteiger partial charge in [-0.1, -0.05) is 24.3 Å². The lowest BCUT2D eigenvalue weighted by Gasteiger charge is -2.03. The topological polar surface area (TPSA) is 70.3 Å². The molecule has 4 heteroatoms. The minimum absolute atomic E-state index is 0.0871. The number of carbonyl (C=O) groups is 1. The molecular formula is C19H17NO3. The molecule has 0 spiro atoms. The molecule has 0 unspecified atom stereocenters. The standard InChI is InChI=1S/C19H17NO3/c1-23-18-8-5-14(6-9-18)7-10-19(22)16(13-20)11-15-3-2-4-17(21)12-15/h2-6,8-9,11-12,21H,7,10H2,1H3/b16-11+. The molecule has 0 bridgehead atoms. The Morgan fingerprint density at radius 2 is 2.00 bits per heavy atom. The van der Waals surface area contributed by atoms with E-state index in [2.05, 4.69) is 0 Å². The number of ketones is 1. The number of benzene rings is 2. The Morgan fingerprint density at radius 1 is 1.26 bits per heavy atom. The molecule has 0 radical (unpaired) electrons. The first-order valence-electron chi connectivity index (χ1n) is 7.19. The predicted molar refractivity (Wildman–Crippen MR) is 88.0 cm³/mol. The molecule has 2 aromatic carbocycles. The Balaban J connectivity index is 2.04. The van der Waals surface area contributed by atoms with Crippen molar-refractivity contribution in [3.8, 4) is 17.6 Å². The Hall–Kier alpha value is -3.06. The maximum Gasteiger partial charge on any atom is 0.173 e. The number of rotatable bonds is 6. The van der Waals surface area contributed by atoms with Gasteiger partial charge in [0.25, 0.3) is 0 Å². The summed E-state index contributed by atoms with van der Waals surface area (Å²) in [5.41, 5.74) is 1.72. The number of nitriles is 1. The molecule has 0 heterocycles. The fourth-order valence-corrected chi connectivity index (χ4v) is 2.14. The third-order valence-corrected chi connectivity index (χ3v) is 3.40. The van der Waals surface area contributed by atoms with Crippen LogP contribution >= 0.6 is 0 Å². The van der Waals surface area contributed by atoms with Crippen molar-refractivity contribution in [1.29, 1.82) is 5.26 Å². The van der Waals surface area contributed by atoms with E-state index in [1.807, 2.05) is 30.3 Å². The number of carbonyl (C=O) groups excluding carboxylic acids is 1. The van der Waals surface area contributed by atoms with Crippen LogP contribution < -0.4 is 4.74 Å². The number of ether oxygens (including phenoxy) is 1. The molecule has 4 nitrogen and oxygen atoms in total. The summed E-state index contributed by atoms with van der Waals surface area (Å²) in [4.78, 5) is 12.2. The van der Waals surface area contributed by atoms with Crippen molar-refractivity contribution >= 4 is 11.9 Å². The third-order valence-electron chi connectivity index (χ3n) is 3.40. The van der Waals surface area contributed by atoms with Gasteiger partial charge in [-0.3, -0.25) is 4.79 Å². The normalized spacial score (nSPS) is 10.9. The molecule has 0 saturated carbocycles. The van der Waals surface area contributed by atoms with Crippen LogP contribution in [0, 0.1) is 11.3 Å². The minimum atomic E-state index is -0.216. The van der Waals surface area contributed by atoms with E-state index in [0.717, 1.165) is 11.3 Å². The summed E-state index contributed by atoms with van der Waals surface area (Å²) in [5, 5.41) is 18.6. The zero-order chi connectivity index (χ0) is 16.7. The predicted octanol–water partition coefficient (Wildman–Crippen LogP) is 3.51. The van der Waals surface area contributed by atoms with Crippen molar-refractivity contribution in [3.63, 3.8) is 0 Å². The van der Waals surface area contributed by atoms with E-state index in [-0.39, 0.29) is 23.5 Å². The van der Waals surface area contributed by atoms with Crippen molar-refractivity contribution in [1.82, 2.24) is 0 Å². The molecule has 0 atom stereocenters. The first-order valence-corrected chi connectivity index (χ1v) is 7.19. The fourth-order valence-electron chi connectivity index (χ4n) is 2.14. The number of aryl methyl sites for hydroxylation is 1. The second-order valence-electron chi connectivity index (χ2n) is 5.04. The van der Waals surface area contributed by atoms with Crippen LogP contribution in [0.4, 0.5) is 0 Å². The molecule has 0 aliphatic rings. The lowest BCUT2D eigenvalue weighted by molar-refractivity contribution is -0.115. The van der Waals surface area contributed by atoms with Gasteiger partial charge in [0, 0.05) is 6.42 Å². The monoisotopic (exact) mass is 307 g/mol. The van der Waals surface area contributed by atoms with Crippen LogP contribution in [0.2, 0.25) is 0 Å². The van der Waals surface area contributed by atoms with E-state index in [9.17, 15) is 15.2 Å². The molecule has 0 aromatic heterocycles. The Bertz CT molecular complexity index is 755. The van der Waals surface area contributed by atoms with E-state index in [1.165, 1.54) is 18.2 Å². The molecular weight excluding hydrogens is 290 g/mol. The average Bonchev–Trinajstić information content (AvgIpc) is 2.58. The zero-order valence-electron chi connectivity index (χ0n) is 12.8. The maximum atomic E-state index is 12.2. The number of aromatic hydroxyl groups is 1. The van der Waals surface area contributed by atoms with E-state index in [1.54, 1.807) is 19.2 Å². The second kappa shape index (κ2) is 7.81. The Kier molecular flexibility index (Phi) is 5.54. The number of phenols is 1. The molecule has 0 aliphatic heterocycles. The molecule has 2 rings (SSSR count). The summed E-state index contributed by atoms with van der Waals surface area (Å²) in [6.07, 6.45) is 2.31. The van der Waals surface area contributed by atoms with Gasteiger partial charge >= 0.3 is 0 Å².